The van der Waals surface area contributed by atoms with E-state index in [2.05, 4.69) is 5.16 Å². The fourth-order valence-electron chi connectivity index (χ4n) is 3.18. The fraction of sp³-hybridized carbons (Fsp3) is 0.875. The van der Waals surface area contributed by atoms with Crippen molar-refractivity contribution in [3.8, 4) is 0 Å². The van der Waals surface area contributed by atoms with E-state index in [-0.39, 0.29) is 18.0 Å². The van der Waals surface area contributed by atoms with Gasteiger partial charge in [0.2, 0.25) is 0 Å². The van der Waals surface area contributed by atoms with Gasteiger partial charge in [0.25, 0.3) is 0 Å². The Hall–Kier alpha value is -1.06. The maximum Gasteiger partial charge on any atom is 0.356 e. The zero-order valence-electron chi connectivity index (χ0n) is 12.6. The summed E-state index contributed by atoms with van der Waals surface area (Å²) in [5.41, 5.74) is 0.522. The normalized spacial score (nSPS) is 28.4. The second kappa shape index (κ2) is 8.28. The molecule has 0 aromatic rings. The van der Waals surface area contributed by atoms with Crippen molar-refractivity contribution in [2.24, 2.45) is 11.1 Å². The molecular formula is C16H27NO3. The highest BCUT2D eigenvalue weighted by Crippen LogP contribution is 2.29. The summed E-state index contributed by atoms with van der Waals surface area (Å²) in [5, 5.41) is 4.03. The zero-order valence-corrected chi connectivity index (χ0v) is 12.6. The van der Waals surface area contributed by atoms with Gasteiger partial charge in [0, 0.05) is 0 Å². The van der Waals surface area contributed by atoms with Crippen LogP contribution in [0.1, 0.15) is 71.1 Å². The van der Waals surface area contributed by atoms with Gasteiger partial charge in [0.05, 0.1) is 12.5 Å². The largest absolute Gasteiger partial charge is 0.461 e. The molecule has 0 aromatic carbocycles. The number of hydrogen-bond donors (Lipinski definition) is 0. The molecule has 0 spiro atoms. The van der Waals surface area contributed by atoms with E-state index in [1.165, 1.54) is 44.9 Å². The van der Waals surface area contributed by atoms with Crippen molar-refractivity contribution in [3.05, 3.63) is 0 Å². The van der Waals surface area contributed by atoms with Crippen LogP contribution in [0.25, 0.3) is 0 Å². The van der Waals surface area contributed by atoms with Crippen LogP contribution in [-0.4, -0.2) is 24.4 Å². The first-order valence-electron chi connectivity index (χ1n) is 8.23. The van der Waals surface area contributed by atoms with Crippen LogP contribution in [0.15, 0.2) is 5.16 Å². The van der Waals surface area contributed by atoms with Gasteiger partial charge in [0.1, 0.15) is 6.10 Å². The molecule has 0 amide bonds. The van der Waals surface area contributed by atoms with Crippen molar-refractivity contribution in [1.29, 1.82) is 0 Å². The van der Waals surface area contributed by atoms with Crippen LogP contribution in [0.2, 0.25) is 0 Å². The lowest BCUT2D eigenvalue weighted by Gasteiger charge is -2.19. The molecule has 2 unspecified atom stereocenters. The van der Waals surface area contributed by atoms with Crippen LogP contribution >= 0.6 is 0 Å². The molecule has 114 valence electrons. The first-order chi connectivity index (χ1) is 9.83. The van der Waals surface area contributed by atoms with Gasteiger partial charge in [-0.25, -0.2) is 4.79 Å². The zero-order chi connectivity index (χ0) is 14.2. The van der Waals surface area contributed by atoms with Gasteiger partial charge in [-0.1, -0.05) is 50.1 Å². The average Bonchev–Trinajstić information content (AvgIpc) is 2.82. The number of ether oxygens (including phenoxy) is 1. The minimum atomic E-state index is -0.285. The molecule has 1 aliphatic heterocycles. The third kappa shape index (κ3) is 4.22. The Morgan fingerprint density at radius 1 is 1.10 bits per heavy atom. The van der Waals surface area contributed by atoms with Gasteiger partial charge < -0.3 is 9.57 Å². The monoisotopic (exact) mass is 281 g/mol. The van der Waals surface area contributed by atoms with Crippen molar-refractivity contribution in [1.82, 2.24) is 0 Å². The molecule has 1 fully saturated rings. The number of esters is 1. The van der Waals surface area contributed by atoms with Gasteiger partial charge in [-0.05, 0) is 26.2 Å². The van der Waals surface area contributed by atoms with Crippen LogP contribution in [0, 0.1) is 5.92 Å². The molecule has 2 rings (SSSR count). The standard InChI is InChI=1S/C16H27NO3/c1-2-19-16(18)15-13-11-9-7-5-3-4-6-8-10-12-14(13)20-17-15/h13-14H,2-12H2,1H3. The van der Waals surface area contributed by atoms with Gasteiger partial charge in [0.15, 0.2) is 5.71 Å². The summed E-state index contributed by atoms with van der Waals surface area (Å²) < 4.78 is 5.10. The first kappa shape index (κ1) is 15.3. The highest BCUT2D eigenvalue weighted by Gasteiger charge is 2.37. The van der Waals surface area contributed by atoms with Gasteiger partial charge >= 0.3 is 5.97 Å². The predicted octanol–water partition coefficient (Wildman–Crippen LogP) is 3.84. The van der Waals surface area contributed by atoms with E-state index in [0.717, 1.165) is 19.3 Å². The van der Waals surface area contributed by atoms with Crippen molar-refractivity contribution in [2.45, 2.75) is 77.2 Å². The van der Waals surface area contributed by atoms with Crippen LogP contribution < -0.4 is 0 Å². The molecular weight excluding hydrogens is 254 g/mol. The van der Waals surface area contributed by atoms with E-state index in [0.29, 0.717) is 12.3 Å². The summed E-state index contributed by atoms with van der Waals surface area (Å²) >= 11 is 0. The number of oxime groups is 1. The molecule has 2 aliphatic rings. The first-order valence-corrected chi connectivity index (χ1v) is 8.23. The Balaban J connectivity index is 1.95. The number of carbonyl (C=O) groups excluding carboxylic acids is 1. The maximum absolute atomic E-state index is 11.9. The fourth-order valence-corrected chi connectivity index (χ4v) is 3.18. The molecule has 4 nitrogen and oxygen atoms in total. The van der Waals surface area contributed by atoms with E-state index < -0.39 is 0 Å². The number of rotatable bonds is 2. The smallest absolute Gasteiger partial charge is 0.356 e. The summed E-state index contributed by atoms with van der Waals surface area (Å²) in [7, 11) is 0. The minimum Gasteiger partial charge on any atom is -0.461 e. The summed E-state index contributed by atoms with van der Waals surface area (Å²) in [6.45, 7) is 2.22. The van der Waals surface area contributed by atoms with Crippen molar-refractivity contribution in [3.63, 3.8) is 0 Å². The average molecular weight is 281 g/mol. The summed E-state index contributed by atoms with van der Waals surface area (Å²) in [6.07, 6.45) is 12.3. The highest BCUT2D eigenvalue weighted by molar-refractivity contribution is 6.37. The molecule has 0 radical (unpaired) electrons. The Morgan fingerprint density at radius 3 is 2.35 bits per heavy atom. The summed E-state index contributed by atoms with van der Waals surface area (Å²) in [5.74, 6) is -0.138. The molecule has 0 aromatic heterocycles. The molecule has 4 heteroatoms. The third-order valence-electron chi connectivity index (χ3n) is 4.32. The topological polar surface area (TPSA) is 47.9 Å². The van der Waals surface area contributed by atoms with Gasteiger partial charge in [-0.2, -0.15) is 0 Å². The molecule has 0 saturated heterocycles. The van der Waals surface area contributed by atoms with Crippen LogP contribution in [0.5, 0.6) is 0 Å². The molecule has 0 N–H and O–H groups in total. The molecule has 1 saturated carbocycles. The van der Waals surface area contributed by atoms with E-state index >= 15 is 0 Å². The van der Waals surface area contributed by atoms with E-state index in [4.69, 9.17) is 9.57 Å². The second-order valence-corrected chi connectivity index (χ2v) is 5.85. The Bertz CT molecular complexity index is 341. The quantitative estimate of drug-likeness (QED) is 0.723. The lowest BCUT2D eigenvalue weighted by atomic mass is 9.87. The maximum atomic E-state index is 11.9. The third-order valence-corrected chi connectivity index (χ3v) is 4.32. The lowest BCUT2D eigenvalue weighted by Crippen LogP contribution is -2.30. The highest BCUT2D eigenvalue weighted by atomic mass is 16.6. The SMILES string of the molecule is CCOC(=O)C1=NOC2CCCCCCCCCCC12. The van der Waals surface area contributed by atoms with Crippen LogP contribution in [0.4, 0.5) is 0 Å². The Labute approximate surface area is 121 Å². The second-order valence-electron chi connectivity index (χ2n) is 5.85. The summed E-state index contributed by atoms with van der Waals surface area (Å²) in [6, 6.07) is 0. The summed E-state index contributed by atoms with van der Waals surface area (Å²) in [4.78, 5) is 17.5. The Kier molecular flexibility index (Phi) is 6.34. The van der Waals surface area contributed by atoms with Crippen molar-refractivity contribution < 1.29 is 14.4 Å². The molecule has 0 bridgehead atoms. The number of nitrogens with zero attached hydrogens (tertiary/aromatic N) is 1. The molecule has 1 aliphatic carbocycles. The molecule has 20 heavy (non-hydrogen) atoms. The molecule has 1 heterocycles. The molecule has 2 atom stereocenters. The van der Waals surface area contributed by atoms with Crippen molar-refractivity contribution >= 4 is 11.7 Å². The van der Waals surface area contributed by atoms with Gasteiger partial charge in [-0.3, -0.25) is 0 Å². The Morgan fingerprint density at radius 2 is 1.70 bits per heavy atom. The van der Waals surface area contributed by atoms with E-state index in [9.17, 15) is 4.79 Å². The van der Waals surface area contributed by atoms with Gasteiger partial charge in [-0.15, -0.1) is 0 Å². The van der Waals surface area contributed by atoms with Crippen LogP contribution in [-0.2, 0) is 14.4 Å². The lowest BCUT2D eigenvalue weighted by molar-refractivity contribution is -0.135. The number of fused-ring (bicyclic) bond motifs is 1. The van der Waals surface area contributed by atoms with E-state index in [1.807, 2.05) is 6.92 Å². The number of carbonyl (C=O) groups is 1. The predicted molar refractivity (Wildman–Crippen MR) is 78.6 cm³/mol. The minimum absolute atomic E-state index is 0.0915. The van der Waals surface area contributed by atoms with Crippen LogP contribution in [0.3, 0.4) is 0 Å². The van der Waals surface area contributed by atoms with E-state index in [1.54, 1.807) is 0 Å². The number of hydrogen-bond acceptors (Lipinski definition) is 4. The van der Waals surface area contributed by atoms with Crippen molar-refractivity contribution in [2.75, 3.05) is 6.61 Å².